The fourth-order valence-corrected chi connectivity index (χ4v) is 3.62. The van der Waals surface area contributed by atoms with Crippen LogP contribution in [0.4, 0.5) is 0 Å². The lowest BCUT2D eigenvalue weighted by atomic mass is 10.0. The molecule has 1 saturated heterocycles. The van der Waals surface area contributed by atoms with Gasteiger partial charge < -0.3 is 10.4 Å². The topological polar surface area (TPSA) is 77.1 Å². The first-order valence-electron chi connectivity index (χ1n) is 8.67. The van der Waals surface area contributed by atoms with Gasteiger partial charge >= 0.3 is 0 Å². The Morgan fingerprint density at radius 3 is 2.84 bits per heavy atom. The van der Waals surface area contributed by atoms with Crippen molar-refractivity contribution in [2.24, 2.45) is 0 Å². The van der Waals surface area contributed by atoms with Crippen LogP contribution in [0.1, 0.15) is 17.7 Å². The molecule has 25 heavy (non-hydrogen) atoms. The summed E-state index contributed by atoms with van der Waals surface area (Å²) in [5, 5.41) is 21.4. The van der Waals surface area contributed by atoms with Crippen LogP contribution in [-0.2, 0) is 6.54 Å². The highest BCUT2D eigenvalue weighted by molar-refractivity contribution is 5.84. The first-order valence-corrected chi connectivity index (χ1v) is 8.67. The SMILES string of the molecule is CNC1CCN(Cc2cc(-c3ccc(O)cc3)nc3n[nH]c(C)c23)C1. The van der Waals surface area contributed by atoms with Gasteiger partial charge in [0.05, 0.1) is 5.69 Å². The molecule has 3 N–H and O–H groups in total. The molecule has 0 spiro atoms. The lowest BCUT2D eigenvalue weighted by Gasteiger charge is -2.17. The number of phenolic OH excluding ortho intramolecular Hbond substituents is 1. The van der Waals surface area contributed by atoms with E-state index in [0.29, 0.717) is 6.04 Å². The van der Waals surface area contributed by atoms with Crippen LogP contribution in [0.3, 0.4) is 0 Å². The minimum atomic E-state index is 0.260. The highest BCUT2D eigenvalue weighted by atomic mass is 16.3. The zero-order valence-corrected chi connectivity index (χ0v) is 14.6. The third-order valence-electron chi connectivity index (χ3n) is 5.02. The van der Waals surface area contributed by atoms with Crippen molar-refractivity contribution in [1.29, 1.82) is 0 Å². The lowest BCUT2D eigenvalue weighted by molar-refractivity contribution is 0.323. The van der Waals surface area contributed by atoms with Crippen molar-refractivity contribution in [3.63, 3.8) is 0 Å². The van der Waals surface area contributed by atoms with Gasteiger partial charge in [-0.25, -0.2) is 4.98 Å². The number of aryl methyl sites for hydroxylation is 1. The Bertz CT molecular complexity index is 887. The molecule has 4 rings (SSSR count). The van der Waals surface area contributed by atoms with Gasteiger partial charge in [-0.1, -0.05) is 0 Å². The molecule has 1 atom stereocenters. The van der Waals surface area contributed by atoms with Crippen LogP contribution in [0.5, 0.6) is 5.75 Å². The number of aromatic nitrogens is 3. The van der Waals surface area contributed by atoms with Crippen LogP contribution in [-0.4, -0.2) is 51.4 Å². The second-order valence-corrected chi connectivity index (χ2v) is 6.77. The number of fused-ring (bicyclic) bond motifs is 1. The quantitative estimate of drug-likeness (QED) is 0.682. The number of hydrogen-bond donors (Lipinski definition) is 3. The third-order valence-corrected chi connectivity index (χ3v) is 5.02. The molecule has 1 aromatic carbocycles. The van der Waals surface area contributed by atoms with Gasteiger partial charge in [0.15, 0.2) is 5.65 Å². The number of nitrogens with one attached hydrogen (secondary N) is 2. The Morgan fingerprint density at radius 1 is 1.32 bits per heavy atom. The van der Waals surface area contributed by atoms with Crippen LogP contribution in [0.2, 0.25) is 0 Å². The van der Waals surface area contributed by atoms with Crippen molar-refractivity contribution in [3.8, 4) is 17.0 Å². The van der Waals surface area contributed by atoms with Gasteiger partial charge in [-0.15, -0.1) is 0 Å². The van der Waals surface area contributed by atoms with Gasteiger partial charge in [0, 0.05) is 42.3 Å². The molecular weight excluding hydrogens is 314 g/mol. The van der Waals surface area contributed by atoms with Crippen molar-refractivity contribution in [1.82, 2.24) is 25.4 Å². The standard InChI is InChI=1S/C19H23N5O/c1-12-18-14(10-24-8-7-15(11-24)20-2)9-17(21-19(18)23-22-12)13-3-5-16(25)6-4-13/h3-6,9,15,20,25H,7-8,10-11H2,1-2H3,(H,21,22,23). The van der Waals surface area contributed by atoms with E-state index in [-0.39, 0.29) is 5.75 Å². The molecule has 130 valence electrons. The van der Waals surface area contributed by atoms with E-state index in [9.17, 15) is 5.11 Å². The van der Waals surface area contributed by atoms with E-state index >= 15 is 0 Å². The summed E-state index contributed by atoms with van der Waals surface area (Å²) in [7, 11) is 2.03. The molecule has 1 unspecified atom stereocenters. The normalized spacial score (nSPS) is 18.2. The second kappa shape index (κ2) is 6.46. The van der Waals surface area contributed by atoms with E-state index in [1.807, 2.05) is 26.1 Å². The van der Waals surface area contributed by atoms with Crippen LogP contribution < -0.4 is 5.32 Å². The fourth-order valence-electron chi connectivity index (χ4n) is 3.62. The van der Waals surface area contributed by atoms with Gasteiger partial charge in [-0.3, -0.25) is 10.00 Å². The Hall–Kier alpha value is -2.44. The Labute approximate surface area is 146 Å². The number of hydrogen-bond acceptors (Lipinski definition) is 5. The zero-order chi connectivity index (χ0) is 17.4. The molecular formula is C19H23N5O. The van der Waals surface area contributed by atoms with E-state index in [0.717, 1.165) is 47.6 Å². The minimum absolute atomic E-state index is 0.260. The van der Waals surface area contributed by atoms with E-state index in [1.165, 1.54) is 12.0 Å². The van der Waals surface area contributed by atoms with Crippen molar-refractivity contribution in [3.05, 3.63) is 41.6 Å². The van der Waals surface area contributed by atoms with Gasteiger partial charge in [0.2, 0.25) is 0 Å². The number of H-pyrrole nitrogens is 1. The van der Waals surface area contributed by atoms with Crippen LogP contribution in [0.15, 0.2) is 30.3 Å². The first-order chi connectivity index (χ1) is 12.1. The van der Waals surface area contributed by atoms with Crippen molar-refractivity contribution < 1.29 is 5.11 Å². The number of aromatic hydroxyl groups is 1. The molecule has 0 radical (unpaired) electrons. The summed E-state index contributed by atoms with van der Waals surface area (Å²) in [6.07, 6.45) is 1.18. The van der Waals surface area contributed by atoms with E-state index < -0.39 is 0 Å². The summed E-state index contributed by atoms with van der Waals surface area (Å²) >= 11 is 0. The second-order valence-electron chi connectivity index (χ2n) is 6.77. The summed E-state index contributed by atoms with van der Waals surface area (Å²) in [6, 6.07) is 9.88. The third kappa shape index (κ3) is 3.10. The molecule has 0 bridgehead atoms. The molecule has 6 heteroatoms. The number of nitrogens with zero attached hydrogens (tertiary/aromatic N) is 3. The molecule has 0 aliphatic carbocycles. The van der Waals surface area contributed by atoms with Crippen molar-refractivity contribution >= 4 is 11.0 Å². The monoisotopic (exact) mass is 337 g/mol. The molecule has 0 saturated carbocycles. The largest absolute Gasteiger partial charge is 0.508 e. The highest BCUT2D eigenvalue weighted by Gasteiger charge is 2.22. The summed E-state index contributed by atoms with van der Waals surface area (Å²) in [6.45, 7) is 5.09. The fraction of sp³-hybridized carbons (Fsp3) is 0.368. The molecule has 3 heterocycles. The predicted octanol–water partition coefficient (Wildman–Crippen LogP) is 2.43. The number of aromatic amines is 1. The Kier molecular flexibility index (Phi) is 4.15. The number of benzene rings is 1. The van der Waals surface area contributed by atoms with Gasteiger partial charge in [-0.05, 0) is 56.3 Å². The zero-order valence-electron chi connectivity index (χ0n) is 14.6. The molecule has 2 aromatic heterocycles. The number of phenols is 1. The maximum atomic E-state index is 9.52. The molecule has 1 fully saturated rings. The molecule has 1 aliphatic rings. The van der Waals surface area contributed by atoms with Gasteiger partial charge in [0.1, 0.15) is 5.75 Å². The Morgan fingerprint density at radius 2 is 2.12 bits per heavy atom. The van der Waals surface area contributed by atoms with Crippen LogP contribution >= 0.6 is 0 Å². The van der Waals surface area contributed by atoms with E-state index in [2.05, 4.69) is 26.5 Å². The maximum absolute atomic E-state index is 9.52. The molecule has 0 amide bonds. The Balaban J connectivity index is 1.73. The van der Waals surface area contributed by atoms with E-state index in [1.54, 1.807) is 12.1 Å². The summed E-state index contributed by atoms with van der Waals surface area (Å²) in [5.41, 5.74) is 4.92. The van der Waals surface area contributed by atoms with Crippen molar-refractivity contribution in [2.75, 3.05) is 20.1 Å². The number of rotatable bonds is 4. The predicted molar refractivity (Wildman–Crippen MR) is 98.5 cm³/mol. The van der Waals surface area contributed by atoms with Gasteiger partial charge in [0.25, 0.3) is 0 Å². The molecule has 1 aliphatic heterocycles. The maximum Gasteiger partial charge on any atom is 0.182 e. The lowest BCUT2D eigenvalue weighted by Crippen LogP contribution is -2.29. The first kappa shape index (κ1) is 16.1. The average molecular weight is 337 g/mol. The number of likely N-dealkylation sites (N-methyl/N-ethyl adjacent to an activating group) is 1. The summed E-state index contributed by atoms with van der Waals surface area (Å²) < 4.78 is 0. The highest BCUT2D eigenvalue weighted by Crippen LogP contribution is 2.28. The average Bonchev–Trinajstić information content (AvgIpc) is 3.22. The summed E-state index contributed by atoms with van der Waals surface area (Å²) in [4.78, 5) is 7.18. The van der Waals surface area contributed by atoms with Crippen molar-refractivity contribution in [2.45, 2.75) is 25.9 Å². The van der Waals surface area contributed by atoms with Gasteiger partial charge in [-0.2, -0.15) is 5.10 Å². The number of pyridine rings is 1. The summed E-state index contributed by atoms with van der Waals surface area (Å²) in [5.74, 6) is 0.260. The van der Waals surface area contributed by atoms with Crippen LogP contribution in [0.25, 0.3) is 22.3 Å². The smallest absolute Gasteiger partial charge is 0.182 e. The minimum Gasteiger partial charge on any atom is -0.508 e. The molecule has 6 nitrogen and oxygen atoms in total. The van der Waals surface area contributed by atoms with Crippen LogP contribution in [0, 0.1) is 6.92 Å². The molecule has 3 aromatic rings. The number of likely N-dealkylation sites (tertiary alicyclic amines) is 1. The van der Waals surface area contributed by atoms with E-state index in [4.69, 9.17) is 4.98 Å².